The molecule has 0 unspecified atom stereocenters. The molecule has 0 saturated carbocycles. The zero-order valence-corrected chi connectivity index (χ0v) is 11.1. The molecule has 0 aliphatic carbocycles. The molecule has 3 heterocycles. The minimum Gasteiger partial charge on any atom is -0.294 e. The lowest BCUT2D eigenvalue weighted by Crippen LogP contribution is -2.30. The summed E-state index contributed by atoms with van der Waals surface area (Å²) in [5, 5.41) is 7.70. The third-order valence-corrected chi connectivity index (χ3v) is 3.70. The molecule has 0 spiro atoms. The smallest absolute Gasteiger partial charge is 0.187 e. The van der Waals surface area contributed by atoms with Gasteiger partial charge in [0, 0.05) is 49.6 Å². The van der Waals surface area contributed by atoms with Crippen LogP contribution in [-0.4, -0.2) is 37.9 Å². The van der Waals surface area contributed by atoms with Crippen LogP contribution in [0.2, 0.25) is 0 Å². The van der Waals surface area contributed by atoms with Crippen molar-refractivity contribution in [2.75, 3.05) is 12.8 Å². The molecule has 3 rings (SSSR count). The molecule has 2 aromatic rings. The van der Waals surface area contributed by atoms with Crippen LogP contribution < -0.4 is 0 Å². The van der Waals surface area contributed by atoms with Gasteiger partial charge >= 0.3 is 0 Å². The lowest BCUT2D eigenvalue weighted by molar-refractivity contribution is 0.242. The summed E-state index contributed by atoms with van der Waals surface area (Å²) in [6.45, 7) is 2.90. The predicted molar refractivity (Wildman–Crippen MR) is 70.2 cm³/mol. The molecule has 5 nitrogen and oxygen atoms in total. The Bertz CT molecular complexity index is 525. The van der Waals surface area contributed by atoms with E-state index in [0.717, 1.165) is 31.2 Å². The SMILES string of the molecule is CSc1ncc2c(n1)CCN(Cc1cn[nH]c1)C2. The van der Waals surface area contributed by atoms with Gasteiger partial charge in [-0.25, -0.2) is 9.97 Å². The van der Waals surface area contributed by atoms with E-state index in [0.29, 0.717) is 0 Å². The van der Waals surface area contributed by atoms with Crippen LogP contribution in [0.3, 0.4) is 0 Å². The molecule has 0 radical (unpaired) electrons. The van der Waals surface area contributed by atoms with Gasteiger partial charge in [0.1, 0.15) is 0 Å². The largest absolute Gasteiger partial charge is 0.294 e. The highest BCUT2D eigenvalue weighted by Crippen LogP contribution is 2.20. The molecule has 1 aliphatic rings. The number of hydrogen-bond donors (Lipinski definition) is 1. The predicted octanol–water partition coefficient (Wildman–Crippen LogP) is 1.48. The maximum absolute atomic E-state index is 4.57. The van der Waals surface area contributed by atoms with Crippen molar-refractivity contribution in [3.05, 3.63) is 35.4 Å². The van der Waals surface area contributed by atoms with Crippen LogP contribution in [0.4, 0.5) is 0 Å². The lowest BCUT2D eigenvalue weighted by Gasteiger charge is -2.27. The fraction of sp³-hybridized carbons (Fsp3) is 0.417. The normalized spacial score (nSPS) is 15.6. The van der Waals surface area contributed by atoms with Gasteiger partial charge in [0.15, 0.2) is 5.16 Å². The van der Waals surface area contributed by atoms with Gasteiger partial charge in [-0.1, -0.05) is 11.8 Å². The molecule has 1 aliphatic heterocycles. The maximum atomic E-state index is 4.57. The topological polar surface area (TPSA) is 57.7 Å². The number of H-pyrrole nitrogens is 1. The van der Waals surface area contributed by atoms with E-state index >= 15 is 0 Å². The highest BCUT2D eigenvalue weighted by atomic mass is 32.2. The van der Waals surface area contributed by atoms with Crippen molar-refractivity contribution in [3.63, 3.8) is 0 Å². The molecule has 0 aromatic carbocycles. The molecule has 0 fully saturated rings. The third-order valence-electron chi connectivity index (χ3n) is 3.13. The van der Waals surface area contributed by atoms with E-state index in [1.165, 1.54) is 16.8 Å². The van der Waals surface area contributed by atoms with Crippen molar-refractivity contribution in [3.8, 4) is 0 Å². The second-order valence-corrected chi connectivity index (χ2v) is 5.17. The Hall–Kier alpha value is -1.40. The molecule has 0 saturated heterocycles. The van der Waals surface area contributed by atoms with Crippen molar-refractivity contribution in [2.24, 2.45) is 0 Å². The van der Waals surface area contributed by atoms with E-state index in [9.17, 15) is 0 Å². The average Bonchev–Trinajstić information content (AvgIpc) is 2.91. The van der Waals surface area contributed by atoms with Gasteiger partial charge in [0.2, 0.25) is 0 Å². The van der Waals surface area contributed by atoms with E-state index < -0.39 is 0 Å². The Morgan fingerprint density at radius 2 is 2.39 bits per heavy atom. The number of nitrogens with one attached hydrogen (secondary N) is 1. The number of hydrogen-bond acceptors (Lipinski definition) is 5. The van der Waals surface area contributed by atoms with E-state index in [2.05, 4.69) is 25.1 Å². The van der Waals surface area contributed by atoms with Gasteiger partial charge in [0.05, 0.1) is 11.9 Å². The van der Waals surface area contributed by atoms with E-state index in [-0.39, 0.29) is 0 Å². The molecule has 0 amide bonds. The molecule has 0 atom stereocenters. The first-order chi connectivity index (χ1) is 8.85. The van der Waals surface area contributed by atoms with E-state index in [1.807, 2.05) is 24.8 Å². The number of nitrogens with zero attached hydrogens (tertiary/aromatic N) is 4. The first-order valence-corrected chi connectivity index (χ1v) is 7.16. The monoisotopic (exact) mass is 261 g/mol. The van der Waals surface area contributed by atoms with E-state index in [4.69, 9.17) is 0 Å². The van der Waals surface area contributed by atoms with Crippen molar-refractivity contribution in [1.82, 2.24) is 25.1 Å². The first-order valence-electron chi connectivity index (χ1n) is 5.94. The van der Waals surface area contributed by atoms with Crippen molar-refractivity contribution in [2.45, 2.75) is 24.7 Å². The van der Waals surface area contributed by atoms with Crippen molar-refractivity contribution in [1.29, 1.82) is 0 Å². The highest BCUT2D eigenvalue weighted by molar-refractivity contribution is 7.98. The molecule has 1 N–H and O–H groups in total. The van der Waals surface area contributed by atoms with Gasteiger partial charge in [-0.2, -0.15) is 5.10 Å². The number of fused-ring (bicyclic) bond motifs is 1. The van der Waals surface area contributed by atoms with Crippen LogP contribution in [0.1, 0.15) is 16.8 Å². The molecular formula is C12H15N5S. The van der Waals surface area contributed by atoms with Crippen LogP contribution >= 0.6 is 11.8 Å². The summed E-state index contributed by atoms with van der Waals surface area (Å²) in [6.07, 6.45) is 8.81. The Labute approximate surface area is 110 Å². The third kappa shape index (κ3) is 2.39. The molecule has 2 aromatic heterocycles. The van der Waals surface area contributed by atoms with Gasteiger partial charge in [0.25, 0.3) is 0 Å². The van der Waals surface area contributed by atoms with Crippen molar-refractivity contribution >= 4 is 11.8 Å². The van der Waals surface area contributed by atoms with Crippen LogP contribution in [0.5, 0.6) is 0 Å². The fourth-order valence-electron chi connectivity index (χ4n) is 2.21. The molecule has 18 heavy (non-hydrogen) atoms. The summed E-state index contributed by atoms with van der Waals surface area (Å²) in [6, 6.07) is 0. The summed E-state index contributed by atoms with van der Waals surface area (Å²) in [5.74, 6) is 0. The summed E-state index contributed by atoms with van der Waals surface area (Å²) in [5.41, 5.74) is 3.68. The standard InChI is InChI=1S/C12H15N5S/c1-18-12-13-6-10-8-17(3-2-11(10)16-12)7-9-4-14-15-5-9/h4-6H,2-3,7-8H2,1H3,(H,14,15). The lowest BCUT2D eigenvalue weighted by atomic mass is 10.1. The molecular weight excluding hydrogens is 246 g/mol. The summed E-state index contributed by atoms with van der Waals surface area (Å²) >= 11 is 1.60. The number of thioether (sulfide) groups is 1. The van der Waals surface area contributed by atoms with Crippen LogP contribution in [0.15, 0.2) is 23.7 Å². The quantitative estimate of drug-likeness (QED) is 0.670. The zero-order chi connectivity index (χ0) is 12.4. The number of aromatic nitrogens is 4. The Morgan fingerprint density at radius 1 is 1.44 bits per heavy atom. The number of aromatic amines is 1. The highest BCUT2D eigenvalue weighted by Gasteiger charge is 2.18. The summed E-state index contributed by atoms with van der Waals surface area (Å²) < 4.78 is 0. The zero-order valence-electron chi connectivity index (χ0n) is 10.3. The van der Waals surface area contributed by atoms with E-state index in [1.54, 1.807) is 11.8 Å². The minimum atomic E-state index is 0.872. The summed E-state index contributed by atoms with van der Waals surface area (Å²) in [7, 11) is 0. The van der Waals surface area contributed by atoms with Crippen LogP contribution in [-0.2, 0) is 19.5 Å². The molecule has 0 bridgehead atoms. The van der Waals surface area contributed by atoms with Crippen molar-refractivity contribution < 1.29 is 0 Å². The number of rotatable bonds is 3. The van der Waals surface area contributed by atoms with Crippen LogP contribution in [0, 0.1) is 0 Å². The second-order valence-electron chi connectivity index (χ2n) is 4.40. The molecule has 94 valence electrons. The average molecular weight is 261 g/mol. The maximum Gasteiger partial charge on any atom is 0.187 e. The van der Waals surface area contributed by atoms with Gasteiger partial charge in [-0.15, -0.1) is 0 Å². The Morgan fingerprint density at radius 3 is 3.17 bits per heavy atom. The van der Waals surface area contributed by atoms with Gasteiger partial charge in [-0.05, 0) is 6.26 Å². The Balaban J connectivity index is 1.73. The van der Waals surface area contributed by atoms with Gasteiger partial charge in [-0.3, -0.25) is 10.00 Å². The summed E-state index contributed by atoms with van der Waals surface area (Å²) in [4.78, 5) is 11.3. The fourth-order valence-corrected chi connectivity index (χ4v) is 2.57. The van der Waals surface area contributed by atoms with Crippen LogP contribution in [0.25, 0.3) is 0 Å². The Kier molecular flexibility index (Phi) is 3.29. The first kappa shape index (κ1) is 11.7. The minimum absolute atomic E-state index is 0.872. The molecule has 6 heteroatoms. The second kappa shape index (κ2) is 5.07. The van der Waals surface area contributed by atoms with Gasteiger partial charge < -0.3 is 0 Å².